The molecule has 0 aliphatic carbocycles. The summed E-state index contributed by atoms with van der Waals surface area (Å²) in [6.07, 6.45) is 0.871. The molecule has 1 unspecified atom stereocenters. The van der Waals surface area contributed by atoms with Crippen LogP contribution in [0.25, 0.3) is 0 Å². The first-order valence-electron chi connectivity index (χ1n) is 5.50. The summed E-state index contributed by atoms with van der Waals surface area (Å²) in [5, 5.41) is 3.22. The first kappa shape index (κ1) is 15.2. The quantitative estimate of drug-likeness (QED) is 0.330. The predicted molar refractivity (Wildman–Crippen MR) is 95.9 cm³/mol. The van der Waals surface area contributed by atoms with Crippen LogP contribution in [0.3, 0.4) is 0 Å². The number of carbonyl (C=O) groups is 1. The fourth-order valence-corrected chi connectivity index (χ4v) is 4.24. The summed E-state index contributed by atoms with van der Waals surface area (Å²) in [6.45, 7) is 3.62. The molecular weight excluding hydrogens is 571 g/mol. The van der Waals surface area contributed by atoms with Crippen molar-refractivity contribution < 1.29 is 9.53 Å². The second-order valence-electron chi connectivity index (χ2n) is 4.52. The number of nitrogens with one attached hydrogen (secondary N) is 1. The molecule has 1 fully saturated rings. The van der Waals surface area contributed by atoms with E-state index >= 15 is 0 Å². The molecule has 0 bridgehead atoms. The fourth-order valence-electron chi connectivity index (χ4n) is 1.86. The zero-order valence-electron chi connectivity index (χ0n) is 9.73. The molecule has 2 rings (SSSR count). The summed E-state index contributed by atoms with van der Waals surface area (Å²) in [6, 6.07) is 3.94. The van der Waals surface area contributed by atoms with E-state index in [2.05, 4.69) is 79.2 Å². The van der Waals surface area contributed by atoms with Gasteiger partial charge < -0.3 is 10.1 Å². The molecule has 1 aromatic carbocycles. The Morgan fingerprint density at radius 2 is 2.11 bits per heavy atom. The average Bonchev–Trinajstić information content (AvgIpc) is 2.70. The first-order valence-corrected chi connectivity index (χ1v) is 8.73. The number of benzene rings is 1. The van der Waals surface area contributed by atoms with Crippen molar-refractivity contribution in [3.05, 3.63) is 28.4 Å². The summed E-state index contributed by atoms with van der Waals surface area (Å²) < 4.78 is 8.77. The molecule has 0 spiro atoms. The van der Waals surface area contributed by atoms with Crippen LogP contribution in [0.1, 0.15) is 23.7 Å². The number of hydrogen-bond acceptors (Lipinski definition) is 3. The highest BCUT2D eigenvalue weighted by atomic mass is 127. The molecule has 1 heterocycles. The largest absolute Gasteiger partial charge is 0.454 e. The fraction of sp³-hybridized carbons (Fsp3) is 0.417. The van der Waals surface area contributed by atoms with E-state index in [0.29, 0.717) is 5.56 Å². The number of ether oxygens (including phenoxy) is 1. The second kappa shape index (κ2) is 6.08. The van der Waals surface area contributed by atoms with Gasteiger partial charge in [0.05, 0.1) is 5.56 Å². The van der Waals surface area contributed by atoms with Crippen molar-refractivity contribution in [1.29, 1.82) is 0 Å². The maximum atomic E-state index is 12.3. The lowest BCUT2D eigenvalue weighted by atomic mass is 10.1. The van der Waals surface area contributed by atoms with E-state index in [-0.39, 0.29) is 11.6 Å². The molecule has 1 atom stereocenters. The van der Waals surface area contributed by atoms with E-state index < -0.39 is 0 Å². The van der Waals surface area contributed by atoms with Crippen molar-refractivity contribution in [3.63, 3.8) is 0 Å². The summed E-state index contributed by atoms with van der Waals surface area (Å²) in [5.74, 6) is -0.220. The Morgan fingerprint density at radius 3 is 2.72 bits per heavy atom. The van der Waals surface area contributed by atoms with Crippen LogP contribution in [0.4, 0.5) is 0 Å². The number of hydrogen-bond donors (Lipinski definition) is 1. The highest BCUT2D eigenvalue weighted by Gasteiger charge is 2.33. The molecule has 3 nitrogen and oxygen atoms in total. The molecule has 1 aliphatic heterocycles. The minimum atomic E-state index is -0.368. The van der Waals surface area contributed by atoms with Gasteiger partial charge in [-0.2, -0.15) is 0 Å². The lowest BCUT2D eigenvalue weighted by Gasteiger charge is -2.23. The van der Waals surface area contributed by atoms with Crippen LogP contribution in [0, 0.1) is 10.7 Å². The SMILES string of the molecule is CC1(OC(=O)c2cc(I)cc(I)c2I)CCNC1. The number of carbonyl (C=O) groups excluding carboxylic acids is 1. The smallest absolute Gasteiger partial charge is 0.339 e. The summed E-state index contributed by atoms with van der Waals surface area (Å²) in [4.78, 5) is 12.3. The molecule has 1 N–H and O–H groups in total. The minimum absolute atomic E-state index is 0.220. The van der Waals surface area contributed by atoms with Gasteiger partial charge in [-0.25, -0.2) is 4.79 Å². The van der Waals surface area contributed by atoms with E-state index in [9.17, 15) is 4.79 Å². The lowest BCUT2D eigenvalue weighted by Crippen LogP contribution is -2.34. The molecule has 0 radical (unpaired) electrons. The molecule has 18 heavy (non-hydrogen) atoms. The van der Waals surface area contributed by atoms with Crippen LogP contribution >= 0.6 is 67.8 Å². The Morgan fingerprint density at radius 1 is 1.39 bits per heavy atom. The van der Waals surface area contributed by atoms with Gasteiger partial charge in [0.2, 0.25) is 0 Å². The minimum Gasteiger partial charge on any atom is -0.454 e. The molecule has 6 heteroatoms. The topological polar surface area (TPSA) is 38.3 Å². The monoisotopic (exact) mass is 583 g/mol. The lowest BCUT2D eigenvalue weighted by molar-refractivity contribution is -0.000390. The van der Waals surface area contributed by atoms with Gasteiger partial charge >= 0.3 is 5.97 Å². The van der Waals surface area contributed by atoms with E-state index in [1.165, 1.54) is 0 Å². The van der Waals surface area contributed by atoms with Crippen molar-refractivity contribution in [2.75, 3.05) is 13.1 Å². The third kappa shape index (κ3) is 3.48. The zero-order chi connectivity index (χ0) is 13.3. The Kier molecular flexibility index (Phi) is 5.15. The molecule has 0 saturated carbocycles. The molecule has 1 aliphatic rings. The van der Waals surface area contributed by atoms with Gasteiger partial charge in [0.15, 0.2) is 0 Å². The third-order valence-electron chi connectivity index (χ3n) is 2.88. The molecule has 1 aromatic rings. The van der Waals surface area contributed by atoms with Crippen LogP contribution in [0.15, 0.2) is 12.1 Å². The van der Waals surface area contributed by atoms with E-state index in [1.807, 2.05) is 13.0 Å². The van der Waals surface area contributed by atoms with Crippen LogP contribution in [0.5, 0.6) is 0 Å². The molecule has 98 valence electrons. The van der Waals surface area contributed by atoms with Gasteiger partial charge in [-0.3, -0.25) is 0 Å². The summed E-state index contributed by atoms with van der Waals surface area (Å²) in [5.41, 5.74) is 0.299. The number of halogens is 3. The molecule has 0 aromatic heterocycles. The molecular formula is C12H12I3NO2. The van der Waals surface area contributed by atoms with Crippen LogP contribution in [0.2, 0.25) is 0 Å². The highest BCUT2D eigenvalue weighted by molar-refractivity contribution is 14.1. The number of rotatable bonds is 2. The summed E-state index contributed by atoms with van der Waals surface area (Å²) >= 11 is 6.67. The van der Waals surface area contributed by atoms with E-state index in [0.717, 1.165) is 30.2 Å². The van der Waals surface area contributed by atoms with Gasteiger partial charge in [0.25, 0.3) is 0 Å². The Bertz CT molecular complexity index is 484. The average molecular weight is 583 g/mol. The van der Waals surface area contributed by atoms with E-state index in [1.54, 1.807) is 0 Å². The normalized spacial score (nSPS) is 23.1. The predicted octanol–water partition coefficient (Wildman–Crippen LogP) is 3.41. The van der Waals surface area contributed by atoms with Crippen LogP contribution in [-0.2, 0) is 4.74 Å². The van der Waals surface area contributed by atoms with Gasteiger partial charge in [0, 0.05) is 23.7 Å². The van der Waals surface area contributed by atoms with Crippen molar-refractivity contribution in [2.24, 2.45) is 0 Å². The first-order chi connectivity index (χ1) is 8.41. The molecule has 0 amide bonds. The standard InChI is InChI=1S/C12H12I3NO2/c1-12(2-3-16-6-12)18-11(17)8-4-7(13)5-9(14)10(8)15/h4-5,16H,2-3,6H2,1H3. The van der Waals surface area contributed by atoms with Crippen molar-refractivity contribution in [2.45, 2.75) is 18.9 Å². The van der Waals surface area contributed by atoms with E-state index in [4.69, 9.17) is 4.74 Å². The van der Waals surface area contributed by atoms with Crippen molar-refractivity contribution in [3.8, 4) is 0 Å². The van der Waals surface area contributed by atoms with Crippen molar-refractivity contribution in [1.82, 2.24) is 5.32 Å². The Hall–Kier alpha value is 0.840. The second-order valence-corrected chi connectivity index (χ2v) is 8.00. The van der Waals surface area contributed by atoms with Crippen LogP contribution in [-0.4, -0.2) is 24.7 Å². The maximum absolute atomic E-state index is 12.3. The number of esters is 1. The third-order valence-corrected chi connectivity index (χ3v) is 6.55. The Labute approximate surface area is 147 Å². The zero-order valence-corrected chi connectivity index (χ0v) is 16.2. The van der Waals surface area contributed by atoms with Gasteiger partial charge in [0.1, 0.15) is 5.60 Å². The maximum Gasteiger partial charge on any atom is 0.339 e. The van der Waals surface area contributed by atoms with Crippen molar-refractivity contribution >= 4 is 73.7 Å². The molecule has 1 saturated heterocycles. The van der Waals surface area contributed by atoms with Gasteiger partial charge in [-0.1, -0.05) is 0 Å². The van der Waals surface area contributed by atoms with Gasteiger partial charge in [-0.15, -0.1) is 0 Å². The van der Waals surface area contributed by atoms with Crippen LogP contribution < -0.4 is 5.32 Å². The Balaban J connectivity index is 2.23. The van der Waals surface area contributed by atoms with Gasteiger partial charge in [-0.05, 0) is 93.4 Å². The highest BCUT2D eigenvalue weighted by Crippen LogP contribution is 2.26. The summed E-state index contributed by atoms with van der Waals surface area (Å²) in [7, 11) is 0.